The van der Waals surface area contributed by atoms with E-state index in [9.17, 15) is 13.2 Å². The average Bonchev–Trinajstić information content (AvgIpc) is 2.59. The Labute approximate surface area is 127 Å². The highest BCUT2D eigenvalue weighted by Crippen LogP contribution is 2.32. The van der Waals surface area contributed by atoms with Crippen LogP contribution in [0.2, 0.25) is 5.02 Å². The predicted molar refractivity (Wildman–Crippen MR) is 77.0 cm³/mol. The molecule has 1 aromatic rings. The Morgan fingerprint density at radius 3 is 2.48 bits per heavy atom. The highest BCUT2D eigenvalue weighted by Gasteiger charge is 2.41. The van der Waals surface area contributed by atoms with Gasteiger partial charge >= 0.3 is 13.3 Å². The van der Waals surface area contributed by atoms with Crippen molar-refractivity contribution in [3.8, 4) is 0 Å². The Kier molecular flexibility index (Phi) is 4.43. The second-order valence-corrected chi connectivity index (χ2v) is 5.93. The lowest BCUT2D eigenvalue weighted by Gasteiger charge is -2.21. The van der Waals surface area contributed by atoms with Gasteiger partial charge in [-0.1, -0.05) is 23.7 Å². The zero-order valence-electron chi connectivity index (χ0n) is 11.9. The minimum atomic E-state index is -4.43. The monoisotopic (exact) mass is 318 g/mol. The molecule has 0 aliphatic carbocycles. The standard InChI is InChI=1S/C14H15BClF3O2/c1-9-13(2,3)21-15(20-9)5-4-10-6-11(14(17,18)19)8-12(16)7-10/h4-9H,1-3H3. The summed E-state index contributed by atoms with van der Waals surface area (Å²) in [4.78, 5) is 0. The van der Waals surface area contributed by atoms with Crippen molar-refractivity contribution in [1.82, 2.24) is 0 Å². The summed E-state index contributed by atoms with van der Waals surface area (Å²) >= 11 is 5.72. The van der Waals surface area contributed by atoms with Crippen LogP contribution in [0.25, 0.3) is 6.08 Å². The van der Waals surface area contributed by atoms with Crippen LogP contribution < -0.4 is 0 Å². The molecule has 114 valence electrons. The van der Waals surface area contributed by atoms with Gasteiger partial charge in [0.1, 0.15) is 0 Å². The van der Waals surface area contributed by atoms with Crippen LogP contribution in [0.1, 0.15) is 31.9 Å². The van der Waals surface area contributed by atoms with Crippen LogP contribution >= 0.6 is 11.6 Å². The lowest BCUT2D eigenvalue weighted by atomic mass is 9.89. The molecule has 1 heterocycles. The largest absolute Gasteiger partial charge is 0.486 e. The zero-order valence-corrected chi connectivity index (χ0v) is 12.6. The number of alkyl halides is 3. The first-order valence-corrected chi connectivity index (χ1v) is 6.85. The van der Waals surface area contributed by atoms with E-state index in [1.807, 2.05) is 20.8 Å². The smallest absolute Gasteiger partial charge is 0.402 e. The van der Waals surface area contributed by atoms with Crippen LogP contribution in [0.5, 0.6) is 0 Å². The molecule has 1 unspecified atom stereocenters. The first-order chi connectivity index (χ1) is 9.58. The van der Waals surface area contributed by atoms with Crippen LogP contribution in [0, 0.1) is 0 Å². The van der Waals surface area contributed by atoms with Gasteiger partial charge in [-0.2, -0.15) is 13.2 Å². The van der Waals surface area contributed by atoms with Gasteiger partial charge in [-0.05, 0) is 44.5 Å². The molecule has 1 aliphatic rings. The molecule has 1 aromatic carbocycles. The van der Waals surface area contributed by atoms with E-state index in [1.165, 1.54) is 12.1 Å². The predicted octanol–water partition coefficient (Wildman–Crippen LogP) is 4.61. The van der Waals surface area contributed by atoms with Crippen molar-refractivity contribution in [2.24, 2.45) is 0 Å². The second-order valence-electron chi connectivity index (χ2n) is 5.50. The Morgan fingerprint density at radius 2 is 1.95 bits per heavy atom. The Hall–Kier alpha value is -0.975. The lowest BCUT2D eigenvalue weighted by Crippen LogP contribution is -2.30. The van der Waals surface area contributed by atoms with E-state index < -0.39 is 24.5 Å². The Bertz CT molecular complexity index is 558. The fourth-order valence-corrected chi connectivity index (χ4v) is 2.18. The SMILES string of the molecule is CC1OB(C=Cc2cc(Cl)cc(C(F)(F)F)c2)OC1(C)C. The third-order valence-corrected chi connectivity index (χ3v) is 3.65. The molecule has 2 rings (SSSR count). The minimum absolute atomic E-state index is 0.0337. The fraction of sp³-hybridized carbons (Fsp3) is 0.429. The molecule has 1 aliphatic heterocycles. The maximum atomic E-state index is 12.7. The zero-order chi connectivity index (χ0) is 15.8. The third kappa shape index (κ3) is 4.02. The van der Waals surface area contributed by atoms with E-state index in [1.54, 1.807) is 5.98 Å². The number of halogens is 4. The molecule has 0 radical (unpaired) electrons. The van der Waals surface area contributed by atoms with Gasteiger partial charge in [-0.3, -0.25) is 0 Å². The molecule has 2 nitrogen and oxygen atoms in total. The van der Waals surface area contributed by atoms with Gasteiger partial charge in [-0.15, -0.1) is 0 Å². The van der Waals surface area contributed by atoms with Crippen molar-refractivity contribution in [3.63, 3.8) is 0 Å². The van der Waals surface area contributed by atoms with Crippen LogP contribution in [0.3, 0.4) is 0 Å². The highest BCUT2D eigenvalue weighted by molar-refractivity contribution is 6.52. The molecule has 1 fully saturated rings. The summed E-state index contributed by atoms with van der Waals surface area (Å²) in [6, 6.07) is 3.38. The Morgan fingerprint density at radius 1 is 1.29 bits per heavy atom. The van der Waals surface area contributed by atoms with E-state index in [0.29, 0.717) is 5.56 Å². The highest BCUT2D eigenvalue weighted by atomic mass is 35.5. The first-order valence-electron chi connectivity index (χ1n) is 6.47. The number of hydrogen-bond acceptors (Lipinski definition) is 2. The Balaban J connectivity index is 2.17. The van der Waals surface area contributed by atoms with Crippen molar-refractivity contribution < 1.29 is 22.5 Å². The van der Waals surface area contributed by atoms with Crippen molar-refractivity contribution >= 4 is 24.8 Å². The molecule has 0 amide bonds. The average molecular weight is 319 g/mol. The number of benzene rings is 1. The molecule has 7 heteroatoms. The molecular weight excluding hydrogens is 303 g/mol. The summed E-state index contributed by atoms with van der Waals surface area (Å²) in [5.41, 5.74) is -0.864. The molecule has 1 atom stereocenters. The summed E-state index contributed by atoms with van der Waals surface area (Å²) in [7, 11) is -0.580. The van der Waals surface area contributed by atoms with E-state index in [0.717, 1.165) is 12.1 Å². The van der Waals surface area contributed by atoms with Crippen molar-refractivity contribution in [2.45, 2.75) is 38.7 Å². The normalized spacial score (nSPS) is 22.2. The molecule has 0 N–H and O–H groups in total. The van der Waals surface area contributed by atoms with Gasteiger partial charge in [0.25, 0.3) is 0 Å². The van der Waals surface area contributed by atoms with Crippen molar-refractivity contribution in [1.29, 1.82) is 0 Å². The molecule has 21 heavy (non-hydrogen) atoms. The maximum absolute atomic E-state index is 12.7. The molecular formula is C14H15BClF3O2. The molecule has 0 bridgehead atoms. The van der Waals surface area contributed by atoms with Crippen molar-refractivity contribution in [2.75, 3.05) is 0 Å². The molecule has 0 aromatic heterocycles. The van der Waals surface area contributed by atoms with E-state index in [4.69, 9.17) is 20.9 Å². The topological polar surface area (TPSA) is 18.5 Å². The molecule has 0 saturated carbocycles. The third-order valence-electron chi connectivity index (χ3n) is 3.43. The summed E-state index contributed by atoms with van der Waals surface area (Å²) in [6.45, 7) is 5.67. The summed E-state index contributed by atoms with van der Waals surface area (Å²) < 4.78 is 49.3. The van der Waals surface area contributed by atoms with Gasteiger partial charge in [0.2, 0.25) is 0 Å². The van der Waals surface area contributed by atoms with Crippen LogP contribution in [0.4, 0.5) is 13.2 Å². The van der Waals surface area contributed by atoms with Gasteiger partial charge in [0.05, 0.1) is 17.3 Å². The molecule has 1 saturated heterocycles. The number of rotatable bonds is 2. The van der Waals surface area contributed by atoms with E-state index in [2.05, 4.69) is 0 Å². The van der Waals surface area contributed by atoms with Gasteiger partial charge < -0.3 is 9.31 Å². The van der Waals surface area contributed by atoms with Gasteiger partial charge in [-0.25, -0.2) is 0 Å². The summed E-state index contributed by atoms with van der Waals surface area (Å²) in [6.07, 6.45) is -3.01. The first kappa shape index (κ1) is 16.4. The second kappa shape index (κ2) is 5.67. The summed E-state index contributed by atoms with van der Waals surface area (Å²) in [5.74, 6) is 1.58. The fourth-order valence-electron chi connectivity index (χ4n) is 1.93. The van der Waals surface area contributed by atoms with Gasteiger partial charge in [0, 0.05) is 5.02 Å². The molecule has 0 spiro atoms. The summed E-state index contributed by atoms with van der Waals surface area (Å²) in [5, 5.41) is 0.0337. The van der Waals surface area contributed by atoms with Crippen LogP contribution in [-0.2, 0) is 15.5 Å². The minimum Gasteiger partial charge on any atom is -0.402 e. The number of hydrogen-bond donors (Lipinski definition) is 0. The van der Waals surface area contributed by atoms with E-state index >= 15 is 0 Å². The maximum Gasteiger partial charge on any atom is 0.486 e. The quantitative estimate of drug-likeness (QED) is 0.741. The lowest BCUT2D eigenvalue weighted by molar-refractivity contribution is -0.137. The van der Waals surface area contributed by atoms with E-state index in [-0.39, 0.29) is 11.1 Å². The van der Waals surface area contributed by atoms with Crippen LogP contribution in [0.15, 0.2) is 24.2 Å². The van der Waals surface area contributed by atoms with Crippen molar-refractivity contribution in [3.05, 3.63) is 40.3 Å². The van der Waals surface area contributed by atoms with Gasteiger partial charge in [0.15, 0.2) is 0 Å². The van der Waals surface area contributed by atoms with Crippen LogP contribution in [-0.4, -0.2) is 18.8 Å².